The van der Waals surface area contributed by atoms with Gasteiger partial charge in [-0.15, -0.1) is 0 Å². The highest BCUT2D eigenvalue weighted by atomic mass is 32.2. The van der Waals surface area contributed by atoms with Crippen molar-refractivity contribution in [1.29, 1.82) is 0 Å². The summed E-state index contributed by atoms with van der Waals surface area (Å²) in [5.41, 5.74) is 0.445. The van der Waals surface area contributed by atoms with E-state index in [0.29, 0.717) is 5.56 Å². The fourth-order valence-electron chi connectivity index (χ4n) is 1.67. The molecule has 0 spiro atoms. The number of carbonyl (C=O) groups is 1. The van der Waals surface area contributed by atoms with Gasteiger partial charge in [0.15, 0.2) is 0 Å². The topological polar surface area (TPSA) is 17.1 Å². The first-order chi connectivity index (χ1) is 9.80. The van der Waals surface area contributed by atoms with E-state index >= 15 is 0 Å². The summed E-state index contributed by atoms with van der Waals surface area (Å²) in [6.45, 7) is 0. The summed E-state index contributed by atoms with van der Waals surface area (Å²) in [6.07, 6.45) is -8.22. The standard InChI is InChI=1S/C14H15F5OS/c15-11(8-14(18,19)9-12(16)17)6-7-21-13(20)10-4-2-1-3-5-10/h1-5,11-12H,6-9H2. The van der Waals surface area contributed by atoms with E-state index < -0.39 is 31.4 Å². The highest BCUT2D eigenvalue weighted by molar-refractivity contribution is 8.14. The molecule has 1 nitrogen and oxygen atoms in total. The van der Waals surface area contributed by atoms with E-state index in [1.807, 2.05) is 0 Å². The molecule has 118 valence electrons. The Bertz CT molecular complexity index is 438. The van der Waals surface area contributed by atoms with E-state index in [0.717, 1.165) is 11.8 Å². The molecule has 0 bridgehead atoms. The molecule has 0 heterocycles. The van der Waals surface area contributed by atoms with Crippen LogP contribution in [-0.4, -0.2) is 29.4 Å². The Balaban J connectivity index is 2.30. The Labute approximate surface area is 123 Å². The summed E-state index contributed by atoms with van der Waals surface area (Å²) in [7, 11) is 0. The minimum atomic E-state index is -3.72. The normalized spacial score (nSPS) is 13.4. The van der Waals surface area contributed by atoms with Crippen molar-refractivity contribution in [3.63, 3.8) is 0 Å². The summed E-state index contributed by atoms with van der Waals surface area (Å²) >= 11 is 0.826. The summed E-state index contributed by atoms with van der Waals surface area (Å²) in [5.74, 6) is -3.69. The van der Waals surface area contributed by atoms with Crippen molar-refractivity contribution < 1.29 is 26.7 Å². The van der Waals surface area contributed by atoms with E-state index in [-0.39, 0.29) is 17.3 Å². The monoisotopic (exact) mass is 326 g/mol. The Morgan fingerprint density at radius 2 is 1.71 bits per heavy atom. The number of alkyl halides is 5. The van der Waals surface area contributed by atoms with Gasteiger partial charge in [-0.2, -0.15) is 0 Å². The van der Waals surface area contributed by atoms with Crippen LogP contribution in [0.2, 0.25) is 0 Å². The van der Waals surface area contributed by atoms with Gasteiger partial charge in [-0.05, 0) is 6.42 Å². The van der Waals surface area contributed by atoms with Crippen molar-refractivity contribution in [3.8, 4) is 0 Å². The lowest BCUT2D eigenvalue weighted by Crippen LogP contribution is -2.25. The smallest absolute Gasteiger partial charge is 0.256 e. The Kier molecular flexibility index (Phi) is 7.14. The zero-order valence-corrected chi connectivity index (χ0v) is 11.9. The minimum Gasteiger partial charge on any atom is -0.282 e. The van der Waals surface area contributed by atoms with E-state index in [4.69, 9.17) is 0 Å². The molecule has 21 heavy (non-hydrogen) atoms. The number of hydrogen-bond acceptors (Lipinski definition) is 2. The van der Waals surface area contributed by atoms with Crippen molar-refractivity contribution in [1.82, 2.24) is 0 Å². The number of hydrogen-bond donors (Lipinski definition) is 0. The second-order valence-electron chi connectivity index (χ2n) is 4.54. The van der Waals surface area contributed by atoms with Crippen LogP contribution in [0.1, 0.15) is 29.6 Å². The molecule has 0 N–H and O–H groups in total. The van der Waals surface area contributed by atoms with Gasteiger partial charge in [-0.25, -0.2) is 22.0 Å². The average molecular weight is 326 g/mol. The lowest BCUT2D eigenvalue weighted by atomic mass is 10.1. The molecule has 0 saturated carbocycles. The first-order valence-electron chi connectivity index (χ1n) is 6.32. The highest BCUT2D eigenvalue weighted by Crippen LogP contribution is 2.30. The lowest BCUT2D eigenvalue weighted by molar-refractivity contribution is -0.0732. The van der Waals surface area contributed by atoms with Crippen LogP contribution in [-0.2, 0) is 0 Å². The second-order valence-corrected chi connectivity index (χ2v) is 5.61. The van der Waals surface area contributed by atoms with Gasteiger partial charge in [0.25, 0.3) is 5.92 Å². The van der Waals surface area contributed by atoms with Gasteiger partial charge in [0.2, 0.25) is 11.5 Å². The number of thioether (sulfide) groups is 1. The molecule has 0 radical (unpaired) electrons. The van der Waals surface area contributed by atoms with E-state index in [1.54, 1.807) is 30.3 Å². The maximum absolute atomic E-state index is 13.4. The molecule has 1 unspecified atom stereocenters. The molecule has 0 aliphatic carbocycles. The van der Waals surface area contributed by atoms with E-state index in [9.17, 15) is 26.7 Å². The maximum atomic E-state index is 13.4. The zero-order valence-electron chi connectivity index (χ0n) is 11.1. The van der Waals surface area contributed by atoms with Gasteiger partial charge >= 0.3 is 0 Å². The van der Waals surface area contributed by atoms with Gasteiger partial charge in [-0.3, -0.25) is 4.79 Å². The largest absolute Gasteiger partial charge is 0.282 e. The maximum Gasteiger partial charge on any atom is 0.256 e. The average Bonchev–Trinajstić information content (AvgIpc) is 2.37. The second kappa shape index (κ2) is 8.36. The molecule has 1 aromatic carbocycles. The number of benzene rings is 1. The van der Waals surface area contributed by atoms with Crippen LogP contribution in [0.4, 0.5) is 22.0 Å². The van der Waals surface area contributed by atoms with Crippen LogP contribution >= 0.6 is 11.8 Å². The molecular formula is C14H15F5OS. The third-order valence-electron chi connectivity index (χ3n) is 2.65. The fraction of sp³-hybridized carbons (Fsp3) is 0.500. The van der Waals surface area contributed by atoms with Crippen LogP contribution in [0.25, 0.3) is 0 Å². The Morgan fingerprint density at radius 3 is 2.29 bits per heavy atom. The summed E-state index contributed by atoms with van der Waals surface area (Å²) in [5, 5.41) is -0.276. The van der Waals surface area contributed by atoms with E-state index in [2.05, 4.69) is 0 Å². The number of carbonyl (C=O) groups excluding carboxylic acids is 1. The van der Waals surface area contributed by atoms with Crippen molar-refractivity contribution in [2.45, 2.75) is 37.8 Å². The van der Waals surface area contributed by atoms with Crippen molar-refractivity contribution in [2.24, 2.45) is 0 Å². The SMILES string of the molecule is O=C(SCCC(F)CC(F)(F)CC(F)F)c1ccccc1. The van der Waals surface area contributed by atoms with E-state index in [1.165, 1.54) is 0 Å². The van der Waals surface area contributed by atoms with Crippen LogP contribution in [0.3, 0.4) is 0 Å². The predicted octanol–water partition coefficient (Wildman–Crippen LogP) is 4.97. The fourth-order valence-corrected chi connectivity index (χ4v) is 2.53. The van der Waals surface area contributed by atoms with Crippen molar-refractivity contribution >= 4 is 16.9 Å². The molecule has 0 aliphatic heterocycles. The molecular weight excluding hydrogens is 311 g/mol. The molecule has 0 saturated heterocycles. The third-order valence-corrected chi connectivity index (χ3v) is 3.58. The number of rotatable bonds is 8. The molecule has 0 aliphatic rings. The molecule has 0 fully saturated rings. The van der Waals surface area contributed by atoms with Crippen LogP contribution in [0.5, 0.6) is 0 Å². The molecule has 0 amide bonds. The first kappa shape index (κ1) is 17.9. The van der Waals surface area contributed by atoms with Gasteiger partial charge in [0.1, 0.15) is 6.17 Å². The van der Waals surface area contributed by atoms with Gasteiger partial charge in [0, 0.05) is 17.7 Å². The number of halogens is 5. The molecule has 1 rings (SSSR count). The Hall–Kier alpha value is -1.11. The third kappa shape index (κ3) is 7.45. The first-order valence-corrected chi connectivity index (χ1v) is 7.31. The quantitative estimate of drug-likeness (QED) is 0.628. The van der Waals surface area contributed by atoms with Crippen LogP contribution in [0, 0.1) is 0 Å². The summed E-state index contributed by atoms with van der Waals surface area (Å²) in [4.78, 5) is 11.7. The van der Waals surface area contributed by atoms with Gasteiger partial charge in [0.05, 0.1) is 6.42 Å². The van der Waals surface area contributed by atoms with Crippen LogP contribution in [0.15, 0.2) is 30.3 Å². The predicted molar refractivity (Wildman–Crippen MR) is 72.9 cm³/mol. The molecule has 7 heteroatoms. The molecule has 1 aromatic rings. The van der Waals surface area contributed by atoms with Gasteiger partial charge in [-0.1, -0.05) is 42.1 Å². The zero-order chi connectivity index (χ0) is 15.9. The summed E-state index contributed by atoms with van der Waals surface area (Å²) < 4.78 is 63.1. The van der Waals surface area contributed by atoms with Gasteiger partial charge < -0.3 is 0 Å². The molecule has 0 aromatic heterocycles. The lowest BCUT2D eigenvalue weighted by Gasteiger charge is -2.18. The summed E-state index contributed by atoms with van der Waals surface area (Å²) in [6, 6.07) is 8.29. The highest BCUT2D eigenvalue weighted by Gasteiger charge is 2.36. The molecule has 1 atom stereocenters. The minimum absolute atomic E-state index is 0.0274. The Morgan fingerprint density at radius 1 is 1.10 bits per heavy atom. The van der Waals surface area contributed by atoms with Crippen molar-refractivity contribution in [3.05, 3.63) is 35.9 Å². The van der Waals surface area contributed by atoms with Crippen LogP contribution < -0.4 is 0 Å². The van der Waals surface area contributed by atoms with Crippen molar-refractivity contribution in [2.75, 3.05) is 5.75 Å².